The van der Waals surface area contributed by atoms with Crippen molar-refractivity contribution in [2.24, 2.45) is 0 Å². The van der Waals surface area contributed by atoms with Gasteiger partial charge in [-0.1, -0.05) is 54.6 Å². The predicted octanol–water partition coefficient (Wildman–Crippen LogP) is 3.68. The van der Waals surface area contributed by atoms with Gasteiger partial charge in [0, 0.05) is 26.2 Å². The fourth-order valence-electron chi connectivity index (χ4n) is 3.68. The van der Waals surface area contributed by atoms with Gasteiger partial charge in [0.25, 0.3) is 0 Å². The van der Waals surface area contributed by atoms with Gasteiger partial charge < -0.3 is 25.4 Å². The number of imide groups is 1. The number of ether oxygens (including phenoxy) is 2. The Kier molecular flexibility index (Phi) is 8.84. The predicted molar refractivity (Wildman–Crippen MR) is 131 cm³/mol. The summed E-state index contributed by atoms with van der Waals surface area (Å²) in [5.74, 6) is 0. The first kappa shape index (κ1) is 26.2. The normalized spacial score (nSPS) is 15.1. The van der Waals surface area contributed by atoms with Gasteiger partial charge in [-0.15, -0.1) is 4.48 Å². The molecule has 9 heteroatoms. The molecule has 0 aromatic heterocycles. The molecule has 0 aliphatic carbocycles. The minimum absolute atomic E-state index is 0.124. The van der Waals surface area contributed by atoms with Crippen LogP contribution >= 0.6 is 0 Å². The minimum atomic E-state index is -0.551. The largest absolute Gasteiger partial charge is 0.525 e. The van der Waals surface area contributed by atoms with E-state index in [1.54, 1.807) is 0 Å². The van der Waals surface area contributed by atoms with E-state index in [-0.39, 0.29) is 19.2 Å². The molecule has 9 nitrogen and oxygen atoms in total. The lowest BCUT2D eigenvalue weighted by Gasteiger charge is -2.34. The van der Waals surface area contributed by atoms with Gasteiger partial charge in [0.2, 0.25) is 0 Å². The van der Waals surface area contributed by atoms with Crippen LogP contribution in [0.1, 0.15) is 37.5 Å². The molecule has 0 spiro atoms. The van der Waals surface area contributed by atoms with Crippen LogP contribution in [0.25, 0.3) is 0 Å². The SMILES string of the molecule is CC(C)(C)OC(=O)NCc1ccc(CNC(=O)[N+]2(C(=O)OCc3ccccc3)CCNCC2)cc1. The first-order valence-corrected chi connectivity index (χ1v) is 11.8. The topological polar surface area (TPSA) is 106 Å². The lowest BCUT2D eigenvalue weighted by molar-refractivity contribution is -0.780. The Morgan fingerprint density at radius 1 is 0.857 bits per heavy atom. The van der Waals surface area contributed by atoms with Gasteiger partial charge in [0.05, 0.1) is 0 Å². The first-order valence-electron chi connectivity index (χ1n) is 11.8. The number of piperazine rings is 1. The number of hydrogen-bond acceptors (Lipinski definition) is 6. The van der Waals surface area contributed by atoms with E-state index in [1.165, 1.54) is 0 Å². The number of alkyl carbamates (subject to hydrolysis) is 1. The summed E-state index contributed by atoms with van der Waals surface area (Å²) in [6.07, 6.45) is -1.02. The molecule has 1 heterocycles. The van der Waals surface area contributed by atoms with Crippen molar-refractivity contribution in [2.45, 2.75) is 46.1 Å². The molecule has 35 heavy (non-hydrogen) atoms. The standard InChI is InChI=1S/C26H34N4O5/c1-26(2,3)35-24(32)29-18-21-11-9-20(10-12-21)17-28-23(31)30(15-13-27-14-16-30)25(33)34-19-22-7-5-4-6-8-22/h4-12,27H,13-19H2,1-3H3,(H-,28,29,31,32)/p+1. The number of carbonyl (C=O) groups is 3. The van der Waals surface area contributed by atoms with Crippen LogP contribution in [0.5, 0.6) is 0 Å². The van der Waals surface area contributed by atoms with Gasteiger partial charge in [-0.2, -0.15) is 4.79 Å². The van der Waals surface area contributed by atoms with E-state index in [4.69, 9.17) is 9.47 Å². The molecule has 0 radical (unpaired) electrons. The van der Waals surface area contributed by atoms with Crippen LogP contribution in [0, 0.1) is 0 Å². The number of nitrogens with one attached hydrogen (secondary N) is 3. The first-order chi connectivity index (χ1) is 16.7. The van der Waals surface area contributed by atoms with Crippen LogP contribution in [-0.2, 0) is 29.2 Å². The fourth-order valence-corrected chi connectivity index (χ4v) is 3.68. The summed E-state index contributed by atoms with van der Waals surface area (Å²) in [5, 5.41) is 8.81. The van der Waals surface area contributed by atoms with Gasteiger partial charge in [-0.3, -0.25) is 0 Å². The third kappa shape index (κ3) is 7.80. The van der Waals surface area contributed by atoms with Crippen molar-refractivity contribution in [1.82, 2.24) is 16.0 Å². The molecule has 3 N–H and O–H groups in total. The van der Waals surface area contributed by atoms with Crippen LogP contribution in [-0.4, -0.2) is 54.5 Å². The molecule has 0 unspecified atom stereocenters. The quantitative estimate of drug-likeness (QED) is 0.542. The number of urea groups is 1. The zero-order chi connectivity index (χ0) is 25.3. The molecule has 4 amide bonds. The van der Waals surface area contributed by atoms with Gasteiger partial charge in [0.1, 0.15) is 25.3 Å². The van der Waals surface area contributed by atoms with Crippen LogP contribution in [0.4, 0.5) is 14.4 Å². The van der Waals surface area contributed by atoms with Crippen molar-refractivity contribution < 1.29 is 28.3 Å². The smallest absolute Gasteiger partial charge is 0.444 e. The summed E-state index contributed by atoms with van der Waals surface area (Å²) in [6, 6.07) is 16.5. The van der Waals surface area contributed by atoms with E-state index >= 15 is 0 Å². The Labute approximate surface area is 206 Å². The molecule has 0 bridgehead atoms. The van der Waals surface area contributed by atoms with E-state index in [2.05, 4.69) is 16.0 Å². The van der Waals surface area contributed by atoms with Crippen molar-refractivity contribution in [3.8, 4) is 0 Å². The molecule has 1 fully saturated rings. The average molecular weight is 484 g/mol. The lowest BCUT2D eigenvalue weighted by atomic mass is 10.1. The Morgan fingerprint density at radius 3 is 2.00 bits per heavy atom. The summed E-state index contributed by atoms with van der Waals surface area (Å²) in [6.45, 7) is 7.92. The number of benzene rings is 2. The summed E-state index contributed by atoms with van der Waals surface area (Å²) in [5.41, 5.74) is 2.10. The highest BCUT2D eigenvalue weighted by molar-refractivity contribution is 5.80. The lowest BCUT2D eigenvalue weighted by Crippen LogP contribution is -2.67. The molecule has 1 aliphatic rings. The van der Waals surface area contributed by atoms with Gasteiger partial charge in [0.15, 0.2) is 0 Å². The number of amides is 4. The van der Waals surface area contributed by atoms with Crippen molar-refractivity contribution >= 4 is 18.2 Å². The molecule has 2 aromatic rings. The third-order valence-corrected chi connectivity index (χ3v) is 5.59. The van der Waals surface area contributed by atoms with Crippen LogP contribution < -0.4 is 16.0 Å². The number of hydrogen-bond donors (Lipinski definition) is 3. The fraction of sp³-hybridized carbons (Fsp3) is 0.423. The molecule has 0 saturated carbocycles. The Balaban J connectivity index is 1.54. The summed E-state index contributed by atoms with van der Waals surface area (Å²) in [7, 11) is 0. The molecular weight excluding hydrogens is 448 g/mol. The zero-order valence-corrected chi connectivity index (χ0v) is 20.6. The summed E-state index contributed by atoms with van der Waals surface area (Å²) >= 11 is 0. The van der Waals surface area contributed by atoms with Crippen molar-refractivity contribution in [1.29, 1.82) is 0 Å². The molecule has 188 valence electrons. The molecular formula is C26H35N4O5+. The van der Waals surface area contributed by atoms with Gasteiger partial charge >= 0.3 is 18.2 Å². The second kappa shape index (κ2) is 11.8. The van der Waals surface area contributed by atoms with Crippen LogP contribution in [0.15, 0.2) is 54.6 Å². The highest BCUT2D eigenvalue weighted by Crippen LogP contribution is 2.16. The van der Waals surface area contributed by atoms with Gasteiger partial charge in [-0.25, -0.2) is 9.59 Å². The summed E-state index contributed by atoms with van der Waals surface area (Å²) < 4.78 is 10.4. The molecule has 2 aromatic carbocycles. The second-order valence-electron chi connectivity index (χ2n) is 9.54. The monoisotopic (exact) mass is 483 g/mol. The molecule has 1 saturated heterocycles. The van der Waals surface area contributed by atoms with E-state index in [9.17, 15) is 14.4 Å². The van der Waals surface area contributed by atoms with Crippen molar-refractivity contribution in [3.05, 3.63) is 71.3 Å². The van der Waals surface area contributed by atoms with Crippen LogP contribution in [0.2, 0.25) is 0 Å². The number of rotatable bonds is 6. The zero-order valence-electron chi connectivity index (χ0n) is 20.6. The van der Waals surface area contributed by atoms with E-state index < -0.39 is 22.3 Å². The van der Waals surface area contributed by atoms with Crippen LogP contribution in [0.3, 0.4) is 0 Å². The third-order valence-electron chi connectivity index (χ3n) is 5.59. The van der Waals surface area contributed by atoms with Crippen molar-refractivity contribution in [2.75, 3.05) is 26.2 Å². The second-order valence-corrected chi connectivity index (χ2v) is 9.54. The Morgan fingerprint density at radius 2 is 1.43 bits per heavy atom. The molecule has 3 rings (SSSR count). The van der Waals surface area contributed by atoms with E-state index in [0.717, 1.165) is 16.7 Å². The number of nitrogens with zero attached hydrogens (tertiary/aromatic N) is 1. The minimum Gasteiger partial charge on any atom is -0.444 e. The van der Waals surface area contributed by atoms with Crippen molar-refractivity contribution in [3.63, 3.8) is 0 Å². The Hall–Kier alpha value is -3.43. The van der Waals surface area contributed by atoms with E-state index in [1.807, 2.05) is 75.4 Å². The molecule has 0 atom stereocenters. The maximum absolute atomic E-state index is 13.2. The highest BCUT2D eigenvalue weighted by Gasteiger charge is 2.47. The maximum atomic E-state index is 13.2. The summed E-state index contributed by atoms with van der Waals surface area (Å²) in [4.78, 5) is 38.0. The average Bonchev–Trinajstić information content (AvgIpc) is 2.85. The Bertz CT molecular complexity index is 997. The molecule has 1 aliphatic heterocycles. The van der Waals surface area contributed by atoms with E-state index in [0.29, 0.717) is 32.7 Å². The number of carbonyl (C=O) groups excluding carboxylic acids is 3. The van der Waals surface area contributed by atoms with Gasteiger partial charge in [-0.05, 0) is 37.5 Å². The highest BCUT2D eigenvalue weighted by atomic mass is 16.6. The number of quaternary nitrogens is 1. The maximum Gasteiger partial charge on any atom is 0.525 e.